The summed E-state index contributed by atoms with van der Waals surface area (Å²) in [5, 5.41) is 7.41. The zero-order valence-corrected chi connectivity index (χ0v) is 28.4. The van der Waals surface area contributed by atoms with E-state index in [-0.39, 0.29) is 5.92 Å². The molecule has 3 aromatic heterocycles. The molecule has 0 radical (unpaired) electrons. The second-order valence-corrected chi connectivity index (χ2v) is 14.5. The van der Waals surface area contributed by atoms with E-state index in [4.69, 9.17) is 9.41 Å². The van der Waals surface area contributed by atoms with Crippen LogP contribution in [0.5, 0.6) is 0 Å². The molecule has 3 nitrogen and oxygen atoms in total. The molecule has 1 unspecified atom stereocenters. The number of rotatable bonds is 4. The summed E-state index contributed by atoms with van der Waals surface area (Å²) >= 11 is 1.89. The fraction of sp³-hybridized carbons (Fsp3) is 0.0426. The zero-order valence-electron chi connectivity index (χ0n) is 27.6. The van der Waals surface area contributed by atoms with E-state index in [1.54, 1.807) is 0 Å². The van der Waals surface area contributed by atoms with Gasteiger partial charge in [-0.3, -0.25) is 4.99 Å². The van der Waals surface area contributed by atoms with Crippen LogP contribution in [0.3, 0.4) is 0 Å². The number of para-hydroxylation sites is 2. The Labute approximate surface area is 298 Å². The number of allylic oxidation sites excluding steroid dienone is 1. The number of benzene rings is 7. The van der Waals surface area contributed by atoms with Crippen LogP contribution in [0.1, 0.15) is 29.0 Å². The van der Waals surface area contributed by atoms with Gasteiger partial charge in [0, 0.05) is 65.5 Å². The van der Waals surface area contributed by atoms with E-state index in [9.17, 15) is 0 Å². The lowest BCUT2D eigenvalue weighted by Crippen LogP contribution is -2.12. The lowest BCUT2D eigenvalue weighted by molar-refractivity contribution is 0.671. The first kappa shape index (κ1) is 28.6. The number of hydrogen-bond donors (Lipinski definition) is 0. The van der Waals surface area contributed by atoms with Gasteiger partial charge >= 0.3 is 0 Å². The fourth-order valence-electron chi connectivity index (χ4n) is 8.24. The standard InChI is InChI=1S/C47H30N2OS/c1-3-13-30(14-4-1)37-27-32(28-38(48-37)31-15-5-2-6-16-31)29-23-25-33(26-24-29)49-39-20-10-7-17-34(39)44-45(49)46-42(35-18-8-11-21-40(35)50-46)43-36-19-9-12-22-41(36)51-47(43)44/h1-27,32H,28H2. The molecule has 0 spiro atoms. The highest BCUT2D eigenvalue weighted by molar-refractivity contribution is 7.27. The van der Waals surface area contributed by atoms with Crippen LogP contribution in [0.2, 0.25) is 0 Å². The van der Waals surface area contributed by atoms with Crippen LogP contribution in [0, 0.1) is 0 Å². The number of fused-ring (bicyclic) bond motifs is 12. The number of furan rings is 1. The lowest BCUT2D eigenvalue weighted by Gasteiger charge is -2.22. The average Bonchev–Trinajstić information content (AvgIpc) is 3.88. The highest BCUT2D eigenvalue weighted by Crippen LogP contribution is 2.50. The predicted molar refractivity (Wildman–Crippen MR) is 216 cm³/mol. The average molecular weight is 671 g/mol. The smallest absolute Gasteiger partial charge is 0.160 e. The van der Waals surface area contributed by atoms with Gasteiger partial charge in [-0.2, -0.15) is 0 Å². The highest BCUT2D eigenvalue weighted by atomic mass is 32.1. The molecule has 1 aliphatic heterocycles. The van der Waals surface area contributed by atoms with E-state index >= 15 is 0 Å². The van der Waals surface area contributed by atoms with Crippen molar-refractivity contribution in [3.05, 3.63) is 180 Å². The Kier molecular flexibility index (Phi) is 6.25. The minimum atomic E-state index is 0.195. The maximum absolute atomic E-state index is 6.87. The van der Waals surface area contributed by atoms with E-state index in [1.807, 2.05) is 11.3 Å². The molecule has 0 bridgehead atoms. The third-order valence-electron chi connectivity index (χ3n) is 10.5. The summed E-state index contributed by atoms with van der Waals surface area (Å²) < 4.78 is 11.9. The van der Waals surface area contributed by atoms with Crippen molar-refractivity contribution in [3.63, 3.8) is 0 Å². The largest absolute Gasteiger partial charge is 0.454 e. The molecule has 0 aliphatic carbocycles. The molecular weight excluding hydrogens is 641 g/mol. The molecule has 51 heavy (non-hydrogen) atoms. The molecule has 7 aromatic carbocycles. The Morgan fingerprint density at radius 3 is 2.06 bits per heavy atom. The molecule has 0 amide bonds. The monoisotopic (exact) mass is 670 g/mol. The minimum absolute atomic E-state index is 0.195. The van der Waals surface area contributed by atoms with Gasteiger partial charge in [0.1, 0.15) is 5.58 Å². The molecule has 4 heterocycles. The van der Waals surface area contributed by atoms with Gasteiger partial charge < -0.3 is 8.98 Å². The SMILES string of the molecule is C1=C(c2ccccc2)N=C(c2ccccc2)CC1c1ccc(-n2c3ccccc3c3c4sc5ccccc5c4c4c5ccccc5oc4c32)cc1. The van der Waals surface area contributed by atoms with Gasteiger partial charge in [-0.05, 0) is 47.0 Å². The normalized spacial score (nSPS) is 15.0. The van der Waals surface area contributed by atoms with Gasteiger partial charge in [0.2, 0.25) is 0 Å². The van der Waals surface area contributed by atoms with Crippen LogP contribution in [-0.2, 0) is 0 Å². The van der Waals surface area contributed by atoms with Gasteiger partial charge in [-0.25, -0.2) is 0 Å². The van der Waals surface area contributed by atoms with Crippen molar-refractivity contribution < 1.29 is 4.42 Å². The highest BCUT2D eigenvalue weighted by Gasteiger charge is 2.26. The van der Waals surface area contributed by atoms with Crippen molar-refractivity contribution in [3.8, 4) is 5.69 Å². The minimum Gasteiger partial charge on any atom is -0.454 e. The van der Waals surface area contributed by atoms with Crippen molar-refractivity contribution in [2.75, 3.05) is 0 Å². The van der Waals surface area contributed by atoms with Crippen molar-refractivity contribution in [2.24, 2.45) is 4.99 Å². The van der Waals surface area contributed by atoms with Crippen molar-refractivity contribution in [2.45, 2.75) is 12.3 Å². The van der Waals surface area contributed by atoms with Gasteiger partial charge in [0.15, 0.2) is 5.58 Å². The first-order valence-electron chi connectivity index (χ1n) is 17.5. The molecule has 11 rings (SSSR count). The number of aliphatic imine (C=N–C) groups is 1. The number of thiophene rings is 1. The predicted octanol–water partition coefficient (Wildman–Crippen LogP) is 13.1. The molecule has 10 aromatic rings. The molecule has 0 N–H and O–H groups in total. The van der Waals surface area contributed by atoms with Crippen molar-refractivity contribution in [1.29, 1.82) is 0 Å². The second-order valence-electron chi connectivity index (χ2n) is 13.4. The number of hydrogen-bond acceptors (Lipinski definition) is 3. The van der Waals surface area contributed by atoms with Crippen molar-refractivity contribution >= 4 is 86.7 Å². The van der Waals surface area contributed by atoms with Crippen LogP contribution in [0.4, 0.5) is 0 Å². The van der Waals surface area contributed by atoms with Crippen LogP contribution in [0.15, 0.2) is 173 Å². The van der Waals surface area contributed by atoms with Crippen LogP contribution in [0.25, 0.3) is 75.3 Å². The van der Waals surface area contributed by atoms with Gasteiger partial charge in [-0.15, -0.1) is 11.3 Å². The first-order valence-corrected chi connectivity index (χ1v) is 18.3. The van der Waals surface area contributed by atoms with Crippen LogP contribution >= 0.6 is 11.3 Å². The Morgan fingerprint density at radius 1 is 0.588 bits per heavy atom. The summed E-state index contributed by atoms with van der Waals surface area (Å²) in [7, 11) is 0. The molecule has 1 aliphatic rings. The fourth-order valence-corrected chi connectivity index (χ4v) is 9.51. The molecule has 1 atom stereocenters. The van der Waals surface area contributed by atoms with E-state index in [1.165, 1.54) is 53.0 Å². The molecule has 0 saturated carbocycles. The van der Waals surface area contributed by atoms with Crippen LogP contribution in [-0.4, -0.2) is 10.3 Å². The molecule has 0 saturated heterocycles. The Morgan fingerprint density at radius 2 is 1.25 bits per heavy atom. The molecule has 0 fully saturated rings. The van der Waals surface area contributed by atoms with Gasteiger partial charge in [0.25, 0.3) is 0 Å². The molecule has 4 heteroatoms. The van der Waals surface area contributed by atoms with Crippen molar-refractivity contribution in [1.82, 2.24) is 4.57 Å². The summed E-state index contributed by atoms with van der Waals surface area (Å²) in [6.07, 6.45) is 3.19. The summed E-state index contributed by atoms with van der Waals surface area (Å²) in [5.74, 6) is 0.195. The number of aromatic nitrogens is 1. The Balaban J connectivity index is 1.13. The summed E-state index contributed by atoms with van der Waals surface area (Å²) in [5.41, 5.74) is 11.0. The third-order valence-corrected chi connectivity index (χ3v) is 11.7. The molecule has 240 valence electrons. The van der Waals surface area contributed by atoms with E-state index in [0.29, 0.717) is 0 Å². The topological polar surface area (TPSA) is 30.4 Å². The van der Waals surface area contributed by atoms with E-state index in [2.05, 4.69) is 168 Å². The summed E-state index contributed by atoms with van der Waals surface area (Å²) in [6.45, 7) is 0. The molecular formula is C47H30N2OS. The summed E-state index contributed by atoms with van der Waals surface area (Å²) in [4.78, 5) is 5.18. The van der Waals surface area contributed by atoms with Crippen LogP contribution < -0.4 is 0 Å². The first-order chi connectivity index (χ1) is 25.3. The van der Waals surface area contributed by atoms with Gasteiger partial charge in [0.05, 0.1) is 16.7 Å². The Bertz CT molecular complexity index is 3030. The number of nitrogens with zero attached hydrogens (tertiary/aromatic N) is 2. The maximum Gasteiger partial charge on any atom is 0.160 e. The van der Waals surface area contributed by atoms with E-state index in [0.717, 1.165) is 51.1 Å². The maximum atomic E-state index is 6.87. The zero-order chi connectivity index (χ0) is 33.5. The Hall–Kier alpha value is -6.23. The summed E-state index contributed by atoms with van der Waals surface area (Å²) in [6, 6.07) is 56.4. The lowest BCUT2D eigenvalue weighted by atomic mass is 9.87. The third kappa shape index (κ3) is 4.33. The second kappa shape index (κ2) is 11.1. The van der Waals surface area contributed by atoms with E-state index < -0.39 is 0 Å². The van der Waals surface area contributed by atoms with Gasteiger partial charge in [-0.1, -0.05) is 133 Å². The quantitative estimate of drug-likeness (QED) is 0.183.